The molecule has 0 saturated heterocycles. The maximum absolute atomic E-state index is 12.0. The second-order valence-corrected chi connectivity index (χ2v) is 11.2. The van der Waals surface area contributed by atoms with E-state index in [0.29, 0.717) is 54.9 Å². The number of ether oxygens (including phenoxy) is 1. The third-order valence-corrected chi connectivity index (χ3v) is 8.40. The van der Waals surface area contributed by atoms with Crippen LogP contribution in [0.15, 0.2) is 68.4 Å². The number of nitrogens with zero attached hydrogens (tertiary/aromatic N) is 1. The van der Waals surface area contributed by atoms with Gasteiger partial charge in [-0.2, -0.15) is 5.16 Å². The monoisotopic (exact) mass is 566 g/mol. The number of benzene rings is 3. The molecule has 7 rings (SSSR count). The minimum atomic E-state index is -0.212. The number of aromatic nitrogens is 2. The molecule has 2 aliphatic carbocycles. The summed E-state index contributed by atoms with van der Waals surface area (Å²) in [5.74, 6) is 2.41. The maximum Gasteiger partial charge on any atom is 0.287 e. The molecular formula is C29H21Cl3N2O4. The van der Waals surface area contributed by atoms with Crippen LogP contribution in [0.4, 0.5) is 0 Å². The van der Waals surface area contributed by atoms with Gasteiger partial charge in [0.2, 0.25) is 0 Å². The Morgan fingerprint density at radius 2 is 1.79 bits per heavy atom. The van der Waals surface area contributed by atoms with E-state index in [4.69, 9.17) is 48.6 Å². The standard InChI is InChI=1S/C29H21Cl3N2O4/c30-22-2-1-3-23(31)26(22)27-21(28(38-33-27)14-4-5-14)13-36-16-7-8-17(24(32)11-16)19-12-18(19)15-6-9-25-20(10-15)29(35)34-37-25/h1-3,6-11,14,18-19H,4-5,12-13H2,(H,34,35). The van der Waals surface area contributed by atoms with Crippen LogP contribution >= 0.6 is 34.8 Å². The number of nitrogens with one attached hydrogen (secondary N) is 1. The summed E-state index contributed by atoms with van der Waals surface area (Å²) in [4.78, 5) is 12.0. The van der Waals surface area contributed by atoms with Gasteiger partial charge in [-0.05, 0) is 78.6 Å². The third-order valence-electron chi connectivity index (χ3n) is 7.44. The zero-order valence-corrected chi connectivity index (χ0v) is 22.2. The fourth-order valence-corrected chi connectivity index (χ4v) is 6.10. The van der Waals surface area contributed by atoms with E-state index < -0.39 is 0 Å². The van der Waals surface area contributed by atoms with E-state index in [9.17, 15) is 4.79 Å². The molecule has 0 bridgehead atoms. The van der Waals surface area contributed by atoms with Crippen molar-refractivity contribution >= 4 is 45.8 Å². The molecule has 1 N–H and O–H groups in total. The molecule has 5 aromatic rings. The number of fused-ring (bicyclic) bond motifs is 1. The molecule has 38 heavy (non-hydrogen) atoms. The molecule has 0 spiro atoms. The lowest BCUT2D eigenvalue weighted by atomic mass is 10.0. The minimum absolute atomic E-state index is 0.212. The molecule has 3 aromatic carbocycles. The van der Waals surface area contributed by atoms with Gasteiger partial charge in [0.05, 0.1) is 21.0 Å². The molecule has 0 aliphatic heterocycles. The molecule has 2 atom stereocenters. The first-order valence-corrected chi connectivity index (χ1v) is 13.6. The smallest absolute Gasteiger partial charge is 0.287 e. The first-order chi connectivity index (χ1) is 18.5. The molecular weight excluding hydrogens is 547 g/mol. The quantitative estimate of drug-likeness (QED) is 0.213. The SMILES string of the molecule is O=c1[nH]oc2ccc(C3CC3c3ccc(OCc4c(-c5c(Cl)cccc5Cl)noc4C4CC4)cc3Cl)cc12. The molecule has 2 fully saturated rings. The van der Waals surface area contributed by atoms with Gasteiger partial charge in [-0.25, -0.2) is 0 Å². The van der Waals surface area contributed by atoms with Crippen molar-refractivity contribution in [3.8, 4) is 17.0 Å². The van der Waals surface area contributed by atoms with Crippen molar-refractivity contribution in [3.63, 3.8) is 0 Å². The van der Waals surface area contributed by atoms with Crippen LogP contribution in [0, 0.1) is 0 Å². The Bertz CT molecular complexity index is 1730. The Balaban J connectivity index is 1.11. The van der Waals surface area contributed by atoms with E-state index in [0.717, 1.165) is 41.7 Å². The maximum atomic E-state index is 12.0. The van der Waals surface area contributed by atoms with Crippen LogP contribution in [-0.4, -0.2) is 10.3 Å². The zero-order valence-electron chi connectivity index (χ0n) is 20.0. The largest absolute Gasteiger partial charge is 0.489 e. The average molecular weight is 568 g/mol. The molecule has 0 radical (unpaired) electrons. The second kappa shape index (κ2) is 9.23. The summed E-state index contributed by atoms with van der Waals surface area (Å²) in [7, 11) is 0. The van der Waals surface area contributed by atoms with Crippen LogP contribution in [-0.2, 0) is 6.61 Å². The minimum Gasteiger partial charge on any atom is -0.489 e. The van der Waals surface area contributed by atoms with E-state index in [1.165, 1.54) is 0 Å². The summed E-state index contributed by atoms with van der Waals surface area (Å²) in [5, 5.41) is 8.96. The topological polar surface area (TPSA) is 81.3 Å². The summed E-state index contributed by atoms with van der Waals surface area (Å²) in [6.45, 7) is 0.257. The Kier molecular flexibility index (Phi) is 5.80. The van der Waals surface area contributed by atoms with Crippen LogP contribution in [0.3, 0.4) is 0 Å². The summed E-state index contributed by atoms with van der Waals surface area (Å²) < 4.78 is 17.1. The Morgan fingerprint density at radius 1 is 0.974 bits per heavy atom. The van der Waals surface area contributed by atoms with Crippen molar-refractivity contribution < 1.29 is 13.8 Å². The zero-order chi connectivity index (χ0) is 26.0. The van der Waals surface area contributed by atoms with Gasteiger partial charge in [-0.1, -0.05) is 58.2 Å². The normalized spacial score (nSPS) is 18.7. The molecule has 9 heteroatoms. The van der Waals surface area contributed by atoms with Crippen molar-refractivity contribution in [2.75, 3.05) is 0 Å². The van der Waals surface area contributed by atoms with Gasteiger partial charge >= 0.3 is 0 Å². The first-order valence-electron chi connectivity index (χ1n) is 12.4. The van der Waals surface area contributed by atoms with Crippen LogP contribution in [0.2, 0.25) is 15.1 Å². The average Bonchev–Trinajstić information content (AvgIpc) is 3.83. The highest BCUT2D eigenvalue weighted by Crippen LogP contribution is 2.56. The first kappa shape index (κ1) is 23.9. The molecule has 2 aliphatic rings. The Labute approximate surface area is 232 Å². The lowest BCUT2D eigenvalue weighted by Gasteiger charge is -2.11. The van der Waals surface area contributed by atoms with Crippen LogP contribution in [0.5, 0.6) is 5.75 Å². The number of H-pyrrole nitrogens is 1. The number of halogens is 3. The molecule has 0 amide bonds. The highest BCUT2D eigenvalue weighted by atomic mass is 35.5. The van der Waals surface area contributed by atoms with Crippen molar-refractivity contribution in [2.24, 2.45) is 0 Å². The molecule has 2 saturated carbocycles. The number of hydrogen-bond acceptors (Lipinski definition) is 5. The van der Waals surface area contributed by atoms with E-state index in [-0.39, 0.29) is 18.1 Å². The predicted octanol–water partition coefficient (Wildman–Crippen LogP) is 8.46. The highest BCUT2D eigenvalue weighted by Gasteiger charge is 2.41. The fraction of sp³-hybridized carbons (Fsp3) is 0.241. The Morgan fingerprint density at radius 3 is 2.55 bits per heavy atom. The summed E-state index contributed by atoms with van der Waals surface area (Å²) in [6.07, 6.45) is 3.08. The fourth-order valence-electron chi connectivity index (χ4n) is 5.21. The third kappa shape index (κ3) is 4.21. The predicted molar refractivity (Wildman–Crippen MR) is 147 cm³/mol. The number of rotatable bonds is 7. The lowest BCUT2D eigenvalue weighted by molar-refractivity contribution is 0.300. The Hall–Kier alpha value is -3.19. The van der Waals surface area contributed by atoms with Crippen LogP contribution in [0.25, 0.3) is 22.2 Å². The molecule has 2 aromatic heterocycles. The lowest BCUT2D eigenvalue weighted by Crippen LogP contribution is -2.00. The van der Waals surface area contributed by atoms with Crippen molar-refractivity contribution in [1.29, 1.82) is 0 Å². The molecule has 2 heterocycles. The van der Waals surface area contributed by atoms with Gasteiger partial charge in [0.25, 0.3) is 5.56 Å². The van der Waals surface area contributed by atoms with Gasteiger partial charge in [0.15, 0.2) is 5.58 Å². The highest BCUT2D eigenvalue weighted by molar-refractivity contribution is 6.39. The van der Waals surface area contributed by atoms with Gasteiger partial charge in [0.1, 0.15) is 23.8 Å². The van der Waals surface area contributed by atoms with Crippen LogP contribution in [0.1, 0.15) is 59.5 Å². The second-order valence-electron chi connectivity index (χ2n) is 9.95. The van der Waals surface area contributed by atoms with Gasteiger partial charge in [-0.3, -0.25) is 4.79 Å². The molecule has 6 nitrogen and oxygen atoms in total. The summed E-state index contributed by atoms with van der Waals surface area (Å²) in [6, 6.07) is 16.9. The molecule has 192 valence electrons. The van der Waals surface area contributed by atoms with Crippen molar-refractivity contribution in [2.45, 2.75) is 43.6 Å². The van der Waals surface area contributed by atoms with E-state index in [1.807, 2.05) is 36.4 Å². The van der Waals surface area contributed by atoms with Gasteiger partial charge in [0, 0.05) is 16.5 Å². The van der Waals surface area contributed by atoms with Crippen molar-refractivity contribution in [1.82, 2.24) is 10.3 Å². The van der Waals surface area contributed by atoms with E-state index in [1.54, 1.807) is 18.2 Å². The van der Waals surface area contributed by atoms with Gasteiger partial charge in [-0.15, -0.1) is 0 Å². The van der Waals surface area contributed by atoms with Crippen molar-refractivity contribution in [3.05, 3.63) is 102 Å². The molecule has 2 unspecified atom stereocenters. The summed E-state index contributed by atoms with van der Waals surface area (Å²) >= 11 is 19.7. The van der Waals surface area contributed by atoms with Crippen LogP contribution < -0.4 is 10.3 Å². The van der Waals surface area contributed by atoms with E-state index in [2.05, 4.69) is 10.3 Å². The number of aromatic amines is 1. The number of hydrogen-bond donors (Lipinski definition) is 1. The summed E-state index contributed by atoms with van der Waals surface area (Å²) in [5.41, 5.74) is 4.64. The van der Waals surface area contributed by atoms with Gasteiger partial charge < -0.3 is 13.8 Å². The van der Waals surface area contributed by atoms with E-state index >= 15 is 0 Å².